The van der Waals surface area contributed by atoms with Gasteiger partial charge in [0, 0.05) is 10.2 Å². The Labute approximate surface area is 131 Å². The lowest BCUT2D eigenvalue weighted by Gasteiger charge is -2.32. The van der Waals surface area contributed by atoms with Crippen LogP contribution in [0.1, 0.15) is 32.6 Å². The van der Waals surface area contributed by atoms with Crippen molar-refractivity contribution in [1.29, 1.82) is 0 Å². The first-order chi connectivity index (χ1) is 9.56. The molecule has 1 fully saturated rings. The summed E-state index contributed by atoms with van der Waals surface area (Å²) in [5.41, 5.74) is 1.02. The molecule has 0 unspecified atom stereocenters. The van der Waals surface area contributed by atoms with Crippen LogP contribution in [0, 0.1) is 11.7 Å². The van der Waals surface area contributed by atoms with Gasteiger partial charge < -0.3 is 5.32 Å². The number of anilines is 1. The van der Waals surface area contributed by atoms with Crippen molar-refractivity contribution in [3.63, 3.8) is 0 Å². The van der Waals surface area contributed by atoms with E-state index in [4.69, 9.17) is 4.99 Å². The Morgan fingerprint density at radius 1 is 1.40 bits per heavy atom. The second-order valence-corrected chi connectivity index (χ2v) is 7.68. The van der Waals surface area contributed by atoms with Crippen LogP contribution in [-0.4, -0.2) is 16.5 Å². The monoisotopic (exact) mass is 356 g/mol. The molecule has 1 saturated carbocycles. The minimum absolute atomic E-state index is 0.145. The van der Waals surface area contributed by atoms with Crippen LogP contribution in [0.2, 0.25) is 0 Å². The van der Waals surface area contributed by atoms with Gasteiger partial charge >= 0.3 is 0 Å². The molecule has 1 aliphatic carbocycles. The van der Waals surface area contributed by atoms with E-state index in [0.29, 0.717) is 0 Å². The van der Waals surface area contributed by atoms with Gasteiger partial charge in [0.05, 0.1) is 11.2 Å². The molecular weight excluding hydrogens is 339 g/mol. The predicted octanol–water partition coefficient (Wildman–Crippen LogP) is 5.05. The number of nitrogens with one attached hydrogen (secondary N) is 1. The molecule has 1 aromatic carbocycles. The zero-order valence-electron chi connectivity index (χ0n) is 11.5. The summed E-state index contributed by atoms with van der Waals surface area (Å²) >= 11 is 5.16. The van der Waals surface area contributed by atoms with Crippen molar-refractivity contribution in [2.24, 2.45) is 10.9 Å². The Bertz CT molecular complexity index is 539. The highest BCUT2D eigenvalue weighted by atomic mass is 79.9. The number of benzene rings is 1. The van der Waals surface area contributed by atoms with E-state index in [-0.39, 0.29) is 11.4 Å². The zero-order chi connectivity index (χ0) is 14.2. The molecule has 0 aromatic heterocycles. The van der Waals surface area contributed by atoms with Gasteiger partial charge in [0.1, 0.15) is 5.82 Å². The summed E-state index contributed by atoms with van der Waals surface area (Å²) in [6, 6.07) is 4.68. The number of amidine groups is 1. The fraction of sp³-hybridized carbons (Fsp3) is 0.533. The number of aliphatic imine (C=N–C) groups is 1. The van der Waals surface area contributed by atoms with E-state index >= 15 is 0 Å². The fourth-order valence-corrected chi connectivity index (χ4v) is 4.46. The minimum Gasteiger partial charge on any atom is -0.334 e. The van der Waals surface area contributed by atoms with Crippen molar-refractivity contribution in [1.82, 2.24) is 0 Å². The van der Waals surface area contributed by atoms with Crippen molar-refractivity contribution in [2.45, 2.75) is 38.1 Å². The van der Waals surface area contributed by atoms with Gasteiger partial charge in [-0.2, -0.15) is 0 Å². The first-order valence-electron chi connectivity index (χ1n) is 7.01. The Morgan fingerprint density at radius 2 is 2.15 bits per heavy atom. The van der Waals surface area contributed by atoms with E-state index in [9.17, 15) is 4.39 Å². The smallest absolute Gasteiger partial charge is 0.161 e. The maximum atomic E-state index is 13.1. The largest absolute Gasteiger partial charge is 0.334 e. The molecule has 20 heavy (non-hydrogen) atoms. The molecule has 0 amide bonds. The molecule has 5 heteroatoms. The summed E-state index contributed by atoms with van der Waals surface area (Å²) < 4.78 is 13.8. The SMILES string of the molecule is CC1CCC2(CC1)CSC(Nc1ccc(F)cc1Br)=N2. The third kappa shape index (κ3) is 3.03. The molecule has 1 aliphatic heterocycles. The van der Waals surface area contributed by atoms with Crippen molar-refractivity contribution in [3.8, 4) is 0 Å². The summed E-state index contributed by atoms with van der Waals surface area (Å²) in [6.45, 7) is 2.33. The maximum Gasteiger partial charge on any atom is 0.161 e. The molecule has 2 nitrogen and oxygen atoms in total. The molecule has 2 aliphatic rings. The first kappa shape index (κ1) is 14.4. The van der Waals surface area contributed by atoms with Crippen molar-refractivity contribution >= 4 is 38.5 Å². The predicted molar refractivity (Wildman–Crippen MR) is 88.0 cm³/mol. The van der Waals surface area contributed by atoms with Crippen LogP contribution in [0.4, 0.5) is 10.1 Å². The molecule has 0 atom stereocenters. The van der Waals surface area contributed by atoms with E-state index in [2.05, 4.69) is 28.2 Å². The van der Waals surface area contributed by atoms with Crippen LogP contribution in [0.5, 0.6) is 0 Å². The molecule has 1 N–H and O–H groups in total. The Balaban J connectivity index is 1.72. The summed E-state index contributed by atoms with van der Waals surface area (Å²) in [4.78, 5) is 4.93. The van der Waals surface area contributed by atoms with Crippen molar-refractivity contribution in [3.05, 3.63) is 28.5 Å². The van der Waals surface area contributed by atoms with Crippen molar-refractivity contribution in [2.75, 3.05) is 11.1 Å². The number of rotatable bonds is 1. The van der Waals surface area contributed by atoms with Gasteiger partial charge in [0.25, 0.3) is 0 Å². The highest BCUT2D eigenvalue weighted by Gasteiger charge is 2.38. The van der Waals surface area contributed by atoms with Gasteiger partial charge in [-0.25, -0.2) is 4.39 Å². The highest BCUT2D eigenvalue weighted by Crippen LogP contribution is 2.42. The van der Waals surface area contributed by atoms with Gasteiger partial charge in [-0.1, -0.05) is 18.7 Å². The molecule has 1 spiro atoms. The van der Waals surface area contributed by atoms with Gasteiger partial charge in [0.2, 0.25) is 0 Å². The quantitative estimate of drug-likeness (QED) is 0.760. The molecule has 0 bridgehead atoms. The standard InChI is InChI=1S/C15H18BrFN2S/c1-10-4-6-15(7-5-10)9-20-14(19-15)18-13-3-2-11(17)8-12(13)16/h2-3,8,10H,4-7,9H2,1H3,(H,18,19). The normalized spacial score (nSPS) is 29.6. The fourth-order valence-electron chi connectivity index (χ4n) is 2.81. The highest BCUT2D eigenvalue weighted by molar-refractivity contribution is 9.10. The molecule has 1 aromatic rings. The summed E-state index contributed by atoms with van der Waals surface area (Å²) in [6.07, 6.45) is 4.93. The average Bonchev–Trinajstić information content (AvgIpc) is 2.80. The lowest BCUT2D eigenvalue weighted by molar-refractivity contribution is 0.273. The van der Waals surface area contributed by atoms with Crippen LogP contribution < -0.4 is 5.32 Å². The number of hydrogen-bond donors (Lipinski definition) is 1. The van der Waals surface area contributed by atoms with Crippen LogP contribution in [-0.2, 0) is 0 Å². The molecule has 1 heterocycles. The molecule has 3 rings (SSSR count). The van der Waals surface area contributed by atoms with E-state index in [0.717, 1.165) is 27.0 Å². The van der Waals surface area contributed by atoms with E-state index in [1.54, 1.807) is 17.8 Å². The lowest BCUT2D eigenvalue weighted by Crippen LogP contribution is -2.32. The van der Waals surface area contributed by atoms with Crippen LogP contribution in [0.25, 0.3) is 0 Å². The Hall–Kier alpha value is -0.550. The van der Waals surface area contributed by atoms with Crippen molar-refractivity contribution < 1.29 is 4.39 Å². The van der Waals surface area contributed by atoms with Crippen LogP contribution >= 0.6 is 27.7 Å². The molecule has 0 saturated heterocycles. The Kier molecular flexibility index (Phi) is 4.09. The zero-order valence-corrected chi connectivity index (χ0v) is 13.9. The van der Waals surface area contributed by atoms with Gasteiger partial charge in [-0.3, -0.25) is 4.99 Å². The van der Waals surface area contributed by atoms with E-state index < -0.39 is 0 Å². The maximum absolute atomic E-state index is 13.1. The number of hydrogen-bond acceptors (Lipinski definition) is 3. The summed E-state index contributed by atoms with van der Waals surface area (Å²) in [7, 11) is 0. The van der Waals surface area contributed by atoms with E-state index in [1.165, 1.54) is 37.8 Å². The lowest BCUT2D eigenvalue weighted by atomic mass is 9.79. The third-order valence-corrected chi connectivity index (χ3v) is 6.00. The first-order valence-corrected chi connectivity index (χ1v) is 8.79. The van der Waals surface area contributed by atoms with Gasteiger partial charge in [-0.15, -0.1) is 0 Å². The number of halogens is 2. The number of thioether (sulfide) groups is 1. The molecular formula is C15H18BrFN2S. The van der Waals surface area contributed by atoms with Gasteiger partial charge in [0.15, 0.2) is 5.17 Å². The number of nitrogens with zero attached hydrogens (tertiary/aromatic N) is 1. The molecule has 108 valence electrons. The molecule has 0 radical (unpaired) electrons. The van der Waals surface area contributed by atoms with Gasteiger partial charge in [-0.05, 0) is 65.7 Å². The summed E-state index contributed by atoms with van der Waals surface area (Å²) in [5, 5.41) is 4.28. The van der Waals surface area contributed by atoms with Crippen LogP contribution in [0.3, 0.4) is 0 Å². The minimum atomic E-state index is -0.235. The summed E-state index contributed by atoms with van der Waals surface area (Å²) in [5.74, 6) is 1.67. The van der Waals surface area contributed by atoms with E-state index in [1.807, 2.05) is 0 Å². The topological polar surface area (TPSA) is 24.4 Å². The second kappa shape index (κ2) is 5.68. The third-order valence-electron chi connectivity index (χ3n) is 4.19. The Morgan fingerprint density at radius 3 is 2.85 bits per heavy atom. The average molecular weight is 357 g/mol. The second-order valence-electron chi connectivity index (χ2n) is 5.86. The van der Waals surface area contributed by atoms with Crippen LogP contribution in [0.15, 0.2) is 27.7 Å².